The second-order valence-electron chi connectivity index (χ2n) is 6.39. The van der Waals surface area contributed by atoms with Gasteiger partial charge in [-0.15, -0.1) is 0 Å². The van der Waals surface area contributed by atoms with Gasteiger partial charge in [0.25, 0.3) is 5.91 Å². The van der Waals surface area contributed by atoms with E-state index >= 15 is 0 Å². The van der Waals surface area contributed by atoms with Gasteiger partial charge >= 0.3 is 0 Å². The minimum atomic E-state index is -0.587. The molecule has 27 heavy (non-hydrogen) atoms. The summed E-state index contributed by atoms with van der Waals surface area (Å²) in [5.74, 6) is -0.790. The summed E-state index contributed by atoms with van der Waals surface area (Å²) in [4.78, 5) is 31.2. The number of nitrogens with zero attached hydrogens (tertiary/aromatic N) is 2. The smallest absolute Gasteiger partial charge is 0.251 e. The molecule has 3 aromatic heterocycles. The van der Waals surface area contributed by atoms with Gasteiger partial charge in [0.2, 0.25) is 0 Å². The first-order chi connectivity index (χ1) is 13.1. The van der Waals surface area contributed by atoms with Crippen molar-refractivity contribution in [2.75, 3.05) is 13.2 Å². The standard InChI is InChI=1S/C20H18N4O3/c1-24-10-16(17-8-12-3-2-6-21-19(12)23-17)15-7-13(4-5-18(15)24)20(27)22-9-14(26)11-25/h2-8,10,25H,9,11H2,1H3,(H,21,23)(H,22,27). The second-order valence-corrected chi connectivity index (χ2v) is 6.39. The van der Waals surface area contributed by atoms with Gasteiger partial charge in [0.15, 0.2) is 5.78 Å². The lowest BCUT2D eigenvalue weighted by molar-refractivity contribution is -0.120. The molecule has 0 saturated carbocycles. The van der Waals surface area contributed by atoms with E-state index in [1.807, 2.05) is 48.1 Å². The Morgan fingerprint density at radius 1 is 1.26 bits per heavy atom. The number of ketones is 1. The van der Waals surface area contributed by atoms with Crippen molar-refractivity contribution in [3.63, 3.8) is 0 Å². The summed E-state index contributed by atoms with van der Waals surface area (Å²) in [6.07, 6.45) is 3.74. The summed E-state index contributed by atoms with van der Waals surface area (Å²) in [5, 5.41) is 13.2. The molecule has 0 saturated heterocycles. The number of hydrogen-bond donors (Lipinski definition) is 3. The summed E-state index contributed by atoms with van der Waals surface area (Å²) in [5.41, 5.74) is 4.13. The third kappa shape index (κ3) is 3.09. The molecule has 4 rings (SSSR count). The van der Waals surface area contributed by atoms with Crippen LogP contribution in [-0.4, -0.2) is 44.5 Å². The fourth-order valence-electron chi connectivity index (χ4n) is 3.19. The number of rotatable bonds is 5. The van der Waals surface area contributed by atoms with Crippen LogP contribution in [0.5, 0.6) is 0 Å². The molecule has 0 aliphatic carbocycles. The highest BCUT2D eigenvalue weighted by Gasteiger charge is 2.14. The third-order valence-electron chi connectivity index (χ3n) is 4.56. The van der Waals surface area contributed by atoms with Crippen LogP contribution in [0.4, 0.5) is 0 Å². The lowest BCUT2D eigenvalue weighted by Crippen LogP contribution is -2.30. The quantitative estimate of drug-likeness (QED) is 0.506. The number of carbonyl (C=O) groups excluding carboxylic acids is 2. The van der Waals surface area contributed by atoms with Crippen LogP contribution in [0.15, 0.2) is 48.8 Å². The third-order valence-corrected chi connectivity index (χ3v) is 4.56. The van der Waals surface area contributed by atoms with Crippen LogP contribution in [-0.2, 0) is 11.8 Å². The molecule has 1 aromatic carbocycles. The van der Waals surface area contributed by atoms with Crippen molar-refractivity contribution in [3.8, 4) is 11.3 Å². The van der Waals surface area contributed by atoms with Gasteiger partial charge in [0, 0.05) is 52.6 Å². The molecule has 0 bridgehead atoms. The fraction of sp³-hybridized carbons (Fsp3) is 0.150. The molecule has 4 aromatic rings. The number of aliphatic hydroxyl groups excluding tert-OH is 1. The van der Waals surface area contributed by atoms with Crippen molar-refractivity contribution in [2.24, 2.45) is 7.05 Å². The number of nitrogens with one attached hydrogen (secondary N) is 2. The fourth-order valence-corrected chi connectivity index (χ4v) is 3.19. The zero-order valence-electron chi connectivity index (χ0n) is 14.7. The molecule has 0 aliphatic rings. The maximum absolute atomic E-state index is 12.3. The first-order valence-electron chi connectivity index (χ1n) is 8.51. The molecule has 1 amide bonds. The number of carbonyl (C=O) groups is 2. The Balaban J connectivity index is 1.75. The SMILES string of the molecule is Cn1cc(-c2cc3cccnc3[nH]2)c2cc(C(=O)NCC(=O)CO)ccc21. The van der Waals surface area contributed by atoms with E-state index in [-0.39, 0.29) is 12.5 Å². The predicted octanol–water partition coefficient (Wildman–Crippen LogP) is 2.01. The van der Waals surface area contributed by atoms with Gasteiger partial charge in [0.05, 0.1) is 6.54 Å². The molecule has 0 atom stereocenters. The van der Waals surface area contributed by atoms with Crippen molar-refractivity contribution >= 4 is 33.6 Å². The lowest BCUT2D eigenvalue weighted by Gasteiger charge is -2.05. The Morgan fingerprint density at radius 3 is 2.89 bits per heavy atom. The first-order valence-corrected chi connectivity index (χ1v) is 8.51. The number of fused-ring (bicyclic) bond motifs is 2. The zero-order chi connectivity index (χ0) is 19.0. The number of pyridine rings is 1. The van der Waals surface area contributed by atoms with E-state index < -0.39 is 12.4 Å². The Bertz CT molecular complexity index is 1140. The van der Waals surface area contributed by atoms with Gasteiger partial charge in [0.1, 0.15) is 12.3 Å². The molecule has 3 N–H and O–H groups in total. The molecule has 7 nitrogen and oxygen atoms in total. The van der Waals surface area contributed by atoms with Crippen LogP contribution < -0.4 is 5.32 Å². The minimum Gasteiger partial charge on any atom is -0.389 e. The van der Waals surface area contributed by atoms with Gasteiger partial charge in [-0.3, -0.25) is 9.59 Å². The average molecular weight is 362 g/mol. The molecule has 0 aliphatic heterocycles. The predicted molar refractivity (Wildman–Crippen MR) is 102 cm³/mol. The van der Waals surface area contributed by atoms with Crippen LogP contribution >= 0.6 is 0 Å². The highest BCUT2D eigenvalue weighted by molar-refractivity contribution is 6.04. The molecule has 0 fully saturated rings. The van der Waals surface area contributed by atoms with E-state index in [1.54, 1.807) is 12.3 Å². The van der Waals surface area contributed by atoms with Crippen molar-refractivity contribution < 1.29 is 14.7 Å². The summed E-state index contributed by atoms with van der Waals surface area (Å²) >= 11 is 0. The van der Waals surface area contributed by atoms with E-state index in [0.29, 0.717) is 5.56 Å². The van der Waals surface area contributed by atoms with E-state index in [1.165, 1.54) is 0 Å². The van der Waals surface area contributed by atoms with Gasteiger partial charge in [-0.2, -0.15) is 0 Å². The summed E-state index contributed by atoms with van der Waals surface area (Å²) in [7, 11) is 1.95. The van der Waals surface area contributed by atoms with Crippen LogP contribution in [0.25, 0.3) is 33.2 Å². The number of aromatic nitrogens is 3. The summed E-state index contributed by atoms with van der Waals surface area (Å²) in [6.45, 7) is -0.779. The Hall–Kier alpha value is -3.45. The number of aliphatic hydroxyl groups is 1. The number of aromatic amines is 1. The largest absolute Gasteiger partial charge is 0.389 e. The maximum atomic E-state index is 12.3. The summed E-state index contributed by atoms with van der Waals surface area (Å²) < 4.78 is 2.00. The lowest BCUT2D eigenvalue weighted by atomic mass is 10.1. The Morgan fingerprint density at radius 2 is 2.11 bits per heavy atom. The van der Waals surface area contributed by atoms with Crippen LogP contribution in [0.3, 0.4) is 0 Å². The van der Waals surface area contributed by atoms with Crippen molar-refractivity contribution in [3.05, 3.63) is 54.4 Å². The van der Waals surface area contributed by atoms with Crippen molar-refractivity contribution in [1.82, 2.24) is 19.9 Å². The van der Waals surface area contributed by atoms with Crippen LogP contribution in [0.1, 0.15) is 10.4 Å². The zero-order valence-corrected chi connectivity index (χ0v) is 14.7. The Labute approximate surface area is 154 Å². The maximum Gasteiger partial charge on any atom is 0.251 e. The highest BCUT2D eigenvalue weighted by Crippen LogP contribution is 2.32. The molecule has 0 radical (unpaired) electrons. The number of H-pyrrole nitrogens is 1. The van der Waals surface area contributed by atoms with Gasteiger partial charge < -0.3 is 20.0 Å². The van der Waals surface area contributed by atoms with Crippen molar-refractivity contribution in [2.45, 2.75) is 0 Å². The molecular formula is C20H18N4O3. The van der Waals surface area contributed by atoms with Gasteiger partial charge in [-0.1, -0.05) is 0 Å². The number of amides is 1. The molecule has 7 heteroatoms. The normalized spacial score (nSPS) is 11.2. The van der Waals surface area contributed by atoms with Crippen molar-refractivity contribution in [1.29, 1.82) is 0 Å². The summed E-state index contributed by atoms with van der Waals surface area (Å²) in [6, 6.07) is 11.3. The molecule has 3 heterocycles. The molecule has 0 spiro atoms. The number of hydrogen-bond acceptors (Lipinski definition) is 4. The van der Waals surface area contributed by atoms with Crippen LogP contribution in [0, 0.1) is 0 Å². The molecule has 136 valence electrons. The topological polar surface area (TPSA) is 100 Å². The Kier molecular flexibility index (Phi) is 4.21. The first kappa shape index (κ1) is 17.0. The second kappa shape index (κ2) is 6.69. The number of aryl methyl sites for hydroxylation is 1. The van der Waals surface area contributed by atoms with E-state index in [4.69, 9.17) is 5.11 Å². The monoisotopic (exact) mass is 362 g/mol. The number of Topliss-reactive ketones (excluding diaryl/α,β-unsaturated/α-hetero) is 1. The van der Waals surface area contributed by atoms with Gasteiger partial charge in [-0.25, -0.2) is 4.98 Å². The molecule has 0 unspecified atom stereocenters. The van der Waals surface area contributed by atoms with E-state index in [2.05, 4.69) is 15.3 Å². The number of benzene rings is 1. The van der Waals surface area contributed by atoms with E-state index in [0.717, 1.165) is 33.2 Å². The van der Waals surface area contributed by atoms with Crippen LogP contribution in [0.2, 0.25) is 0 Å². The minimum absolute atomic E-state index is 0.192. The van der Waals surface area contributed by atoms with E-state index in [9.17, 15) is 9.59 Å². The molecular weight excluding hydrogens is 344 g/mol. The highest BCUT2D eigenvalue weighted by atomic mass is 16.3. The van der Waals surface area contributed by atoms with Gasteiger partial charge in [-0.05, 0) is 36.4 Å². The average Bonchev–Trinajstić information content (AvgIpc) is 3.26.